The molecule has 7 heteroatoms. The molecule has 0 saturated carbocycles. The van der Waals surface area contributed by atoms with Crippen LogP contribution in [0.25, 0.3) is 11.4 Å². The second-order valence-corrected chi connectivity index (χ2v) is 3.67. The van der Waals surface area contributed by atoms with Crippen molar-refractivity contribution in [2.24, 2.45) is 0 Å². The number of aromatic nitrogens is 3. The highest BCUT2D eigenvalue weighted by Crippen LogP contribution is 2.40. The van der Waals surface area contributed by atoms with E-state index in [2.05, 4.69) is 15.2 Å². The Hall–Kier alpha value is -2.44. The molecular weight excluding hydrogens is 250 g/mol. The quantitative estimate of drug-likeness (QED) is 0.847. The first-order valence-electron chi connectivity index (χ1n) is 5.73. The molecule has 0 atom stereocenters. The van der Waals surface area contributed by atoms with E-state index in [4.69, 9.17) is 14.2 Å². The lowest BCUT2D eigenvalue weighted by atomic mass is 10.1. The van der Waals surface area contributed by atoms with Crippen molar-refractivity contribution in [3.63, 3.8) is 0 Å². The molecule has 2 N–H and O–H groups in total. The van der Waals surface area contributed by atoms with Gasteiger partial charge in [-0.15, -0.1) is 0 Å². The first-order valence-corrected chi connectivity index (χ1v) is 5.73. The van der Waals surface area contributed by atoms with Crippen molar-refractivity contribution in [2.75, 3.05) is 20.8 Å². The Labute approximate surface area is 109 Å². The maximum Gasteiger partial charge on any atom is 0.340 e. The molecule has 2 aromatic rings. The molecule has 0 aliphatic heterocycles. The van der Waals surface area contributed by atoms with Crippen LogP contribution in [0.1, 0.15) is 6.92 Å². The zero-order valence-electron chi connectivity index (χ0n) is 10.9. The highest BCUT2D eigenvalue weighted by molar-refractivity contribution is 5.66. The first-order chi connectivity index (χ1) is 9.19. The molecule has 0 saturated heterocycles. The Morgan fingerprint density at radius 1 is 1.21 bits per heavy atom. The van der Waals surface area contributed by atoms with E-state index in [-0.39, 0.29) is 5.69 Å². The van der Waals surface area contributed by atoms with Crippen LogP contribution in [-0.4, -0.2) is 36.0 Å². The van der Waals surface area contributed by atoms with Crippen molar-refractivity contribution in [1.82, 2.24) is 15.2 Å². The van der Waals surface area contributed by atoms with Crippen molar-refractivity contribution in [1.29, 1.82) is 0 Å². The van der Waals surface area contributed by atoms with Gasteiger partial charge in [-0.25, -0.2) is 9.89 Å². The molecule has 2 rings (SSSR count). The SMILES string of the molecule is CCOc1c(OC)cc(-c2n[nH]c(=O)[nH]2)cc1OC. The molecule has 0 fully saturated rings. The normalized spacial score (nSPS) is 10.3. The van der Waals surface area contributed by atoms with Crippen molar-refractivity contribution in [3.8, 4) is 28.6 Å². The van der Waals surface area contributed by atoms with Crippen LogP contribution in [0.2, 0.25) is 0 Å². The van der Waals surface area contributed by atoms with E-state index in [0.29, 0.717) is 35.2 Å². The van der Waals surface area contributed by atoms with Crippen LogP contribution >= 0.6 is 0 Å². The molecule has 1 aromatic carbocycles. The molecule has 0 aliphatic carbocycles. The van der Waals surface area contributed by atoms with Gasteiger partial charge in [0.25, 0.3) is 0 Å². The minimum absolute atomic E-state index is 0.373. The lowest BCUT2D eigenvalue weighted by Crippen LogP contribution is -2.01. The van der Waals surface area contributed by atoms with Crippen LogP contribution in [0.5, 0.6) is 17.2 Å². The lowest BCUT2D eigenvalue weighted by Gasteiger charge is -2.14. The van der Waals surface area contributed by atoms with Gasteiger partial charge in [0.1, 0.15) is 0 Å². The van der Waals surface area contributed by atoms with E-state index in [1.54, 1.807) is 12.1 Å². The van der Waals surface area contributed by atoms with Gasteiger partial charge < -0.3 is 14.2 Å². The van der Waals surface area contributed by atoms with Gasteiger partial charge in [-0.05, 0) is 19.1 Å². The Balaban J connectivity index is 2.55. The van der Waals surface area contributed by atoms with Gasteiger partial charge >= 0.3 is 5.69 Å². The highest BCUT2D eigenvalue weighted by atomic mass is 16.5. The summed E-state index contributed by atoms with van der Waals surface area (Å²) in [7, 11) is 3.07. The van der Waals surface area contributed by atoms with Crippen LogP contribution in [0.15, 0.2) is 16.9 Å². The van der Waals surface area contributed by atoms with Gasteiger partial charge in [-0.3, -0.25) is 4.98 Å². The summed E-state index contributed by atoms with van der Waals surface area (Å²) in [4.78, 5) is 13.7. The minimum atomic E-state index is -0.373. The Kier molecular flexibility index (Phi) is 3.74. The third-order valence-electron chi connectivity index (χ3n) is 2.52. The zero-order chi connectivity index (χ0) is 13.8. The molecule has 0 aliphatic rings. The fourth-order valence-corrected chi connectivity index (χ4v) is 1.71. The van der Waals surface area contributed by atoms with Crippen LogP contribution in [0.4, 0.5) is 0 Å². The summed E-state index contributed by atoms with van der Waals surface area (Å²) in [5, 5.41) is 6.18. The molecule has 0 spiro atoms. The molecule has 0 unspecified atom stereocenters. The molecule has 0 radical (unpaired) electrons. The number of methoxy groups -OCH3 is 2. The number of rotatable bonds is 5. The van der Waals surface area contributed by atoms with Gasteiger partial charge in [0.2, 0.25) is 5.75 Å². The van der Waals surface area contributed by atoms with Crippen LogP contribution in [-0.2, 0) is 0 Å². The van der Waals surface area contributed by atoms with E-state index in [9.17, 15) is 4.79 Å². The van der Waals surface area contributed by atoms with Crippen molar-refractivity contribution >= 4 is 0 Å². The maximum absolute atomic E-state index is 11.1. The Morgan fingerprint density at radius 3 is 2.26 bits per heavy atom. The molecule has 1 heterocycles. The number of benzene rings is 1. The Bertz CT molecular complexity index is 592. The van der Waals surface area contributed by atoms with Crippen LogP contribution in [0.3, 0.4) is 0 Å². The highest BCUT2D eigenvalue weighted by Gasteiger charge is 2.16. The van der Waals surface area contributed by atoms with Crippen molar-refractivity contribution in [3.05, 3.63) is 22.6 Å². The van der Waals surface area contributed by atoms with E-state index in [1.165, 1.54) is 14.2 Å². The van der Waals surface area contributed by atoms with Gasteiger partial charge in [-0.2, -0.15) is 5.10 Å². The van der Waals surface area contributed by atoms with Crippen molar-refractivity contribution < 1.29 is 14.2 Å². The maximum atomic E-state index is 11.1. The van der Waals surface area contributed by atoms with E-state index in [1.807, 2.05) is 6.92 Å². The monoisotopic (exact) mass is 265 g/mol. The third-order valence-corrected chi connectivity index (χ3v) is 2.52. The molecule has 102 valence electrons. The predicted octanol–water partition coefficient (Wildman–Crippen LogP) is 1.18. The Morgan fingerprint density at radius 2 is 1.84 bits per heavy atom. The number of nitrogens with zero attached hydrogens (tertiary/aromatic N) is 1. The fraction of sp³-hybridized carbons (Fsp3) is 0.333. The summed E-state index contributed by atoms with van der Waals surface area (Å²) in [6, 6.07) is 3.44. The first kappa shape index (κ1) is 13.0. The summed E-state index contributed by atoms with van der Waals surface area (Å²) in [5.41, 5.74) is 0.289. The van der Waals surface area contributed by atoms with Gasteiger partial charge in [0.05, 0.1) is 20.8 Å². The average molecular weight is 265 g/mol. The molecular formula is C12H15N3O4. The van der Waals surface area contributed by atoms with Crippen LogP contribution in [0, 0.1) is 0 Å². The molecule has 0 bridgehead atoms. The van der Waals surface area contributed by atoms with Gasteiger partial charge in [0.15, 0.2) is 17.3 Å². The third kappa shape index (κ3) is 2.54. The largest absolute Gasteiger partial charge is 0.493 e. The second kappa shape index (κ2) is 5.47. The number of hydrogen-bond acceptors (Lipinski definition) is 5. The lowest BCUT2D eigenvalue weighted by molar-refractivity contribution is 0.288. The number of ether oxygens (including phenoxy) is 3. The second-order valence-electron chi connectivity index (χ2n) is 3.67. The number of aromatic amines is 2. The topological polar surface area (TPSA) is 89.2 Å². The van der Waals surface area contributed by atoms with Crippen LogP contribution < -0.4 is 19.9 Å². The summed E-state index contributed by atoms with van der Waals surface area (Å²) in [6.07, 6.45) is 0. The molecule has 0 amide bonds. The predicted molar refractivity (Wildman–Crippen MR) is 68.9 cm³/mol. The standard InChI is InChI=1S/C12H15N3O4/c1-4-19-10-8(17-2)5-7(6-9(10)18-3)11-13-12(16)15-14-11/h5-6H,4H2,1-3H3,(H2,13,14,15,16). The van der Waals surface area contributed by atoms with E-state index >= 15 is 0 Å². The molecule has 19 heavy (non-hydrogen) atoms. The molecule has 7 nitrogen and oxygen atoms in total. The number of nitrogens with one attached hydrogen (secondary N) is 2. The number of H-pyrrole nitrogens is 2. The zero-order valence-corrected chi connectivity index (χ0v) is 10.9. The summed E-state index contributed by atoms with van der Waals surface area (Å²) >= 11 is 0. The van der Waals surface area contributed by atoms with Crippen molar-refractivity contribution in [2.45, 2.75) is 6.92 Å². The number of hydrogen-bond donors (Lipinski definition) is 2. The minimum Gasteiger partial charge on any atom is -0.493 e. The fourth-order valence-electron chi connectivity index (χ4n) is 1.71. The summed E-state index contributed by atoms with van der Waals surface area (Å²) in [6.45, 7) is 2.36. The van der Waals surface area contributed by atoms with Gasteiger partial charge in [0, 0.05) is 5.56 Å². The average Bonchev–Trinajstić information content (AvgIpc) is 2.85. The summed E-state index contributed by atoms with van der Waals surface area (Å²) < 4.78 is 16.0. The van der Waals surface area contributed by atoms with Gasteiger partial charge in [-0.1, -0.05) is 0 Å². The van der Waals surface area contributed by atoms with E-state index < -0.39 is 0 Å². The molecule has 1 aromatic heterocycles. The van der Waals surface area contributed by atoms with E-state index in [0.717, 1.165) is 0 Å². The summed E-state index contributed by atoms with van der Waals surface area (Å²) in [5.74, 6) is 1.96. The smallest absolute Gasteiger partial charge is 0.340 e.